The Morgan fingerprint density at radius 3 is 2.52 bits per heavy atom. The van der Waals surface area contributed by atoms with Crippen LogP contribution in [0.5, 0.6) is 0 Å². The predicted octanol–water partition coefficient (Wildman–Crippen LogP) is 1.14. The van der Waals surface area contributed by atoms with Crippen molar-refractivity contribution in [1.82, 2.24) is 24.8 Å². The minimum Gasteiger partial charge on any atom is -0.348 e. The Bertz CT molecular complexity index is 811. The van der Waals surface area contributed by atoms with Gasteiger partial charge in [-0.2, -0.15) is 0 Å². The van der Waals surface area contributed by atoms with E-state index in [1.165, 1.54) is 0 Å². The number of hydrogen-bond acceptors (Lipinski definition) is 7. The smallest absolute Gasteiger partial charge is 0.232 e. The van der Waals surface area contributed by atoms with Crippen LogP contribution in [-0.2, 0) is 4.79 Å². The fourth-order valence-electron chi connectivity index (χ4n) is 4.40. The summed E-state index contributed by atoms with van der Waals surface area (Å²) >= 11 is 0. The van der Waals surface area contributed by atoms with Crippen LogP contribution in [0.1, 0.15) is 18.4 Å². The summed E-state index contributed by atoms with van der Waals surface area (Å²) < 4.78 is 0. The second-order valence-electron chi connectivity index (χ2n) is 7.66. The van der Waals surface area contributed by atoms with Gasteiger partial charge in [0.05, 0.1) is 11.5 Å². The number of carbonyl (C=O) groups is 1. The lowest BCUT2D eigenvalue weighted by Crippen LogP contribution is -2.58. The van der Waals surface area contributed by atoms with Crippen molar-refractivity contribution in [3.63, 3.8) is 0 Å². The summed E-state index contributed by atoms with van der Waals surface area (Å²) in [6, 6.07) is 1.81. The summed E-state index contributed by atoms with van der Waals surface area (Å²) in [5.74, 6) is 1.52. The molecule has 0 saturated carbocycles. The Morgan fingerprint density at radius 1 is 1.15 bits per heavy atom. The molecule has 0 bridgehead atoms. The average Bonchev–Trinajstić information content (AvgIpc) is 3.09. The number of aryl methyl sites for hydroxylation is 1. The summed E-state index contributed by atoms with van der Waals surface area (Å²) in [5, 5.41) is 0. The van der Waals surface area contributed by atoms with Crippen molar-refractivity contribution in [3.05, 3.63) is 36.4 Å². The van der Waals surface area contributed by atoms with Crippen LogP contribution in [0, 0.1) is 12.3 Å². The fourth-order valence-corrected chi connectivity index (χ4v) is 4.40. The van der Waals surface area contributed by atoms with Crippen LogP contribution in [0.3, 0.4) is 0 Å². The van der Waals surface area contributed by atoms with E-state index < -0.39 is 5.41 Å². The molecular formula is C19H25N7O. The number of amides is 1. The first-order chi connectivity index (χ1) is 13.0. The molecule has 0 spiro atoms. The molecule has 2 aromatic rings. The van der Waals surface area contributed by atoms with Crippen LogP contribution in [-0.4, -0.2) is 70.5 Å². The highest BCUT2D eigenvalue weighted by molar-refractivity contribution is 5.86. The van der Waals surface area contributed by atoms with Crippen molar-refractivity contribution < 1.29 is 4.79 Å². The molecule has 2 saturated heterocycles. The van der Waals surface area contributed by atoms with Crippen molar-refractivity contribution >= 4 is 17.8 Å². The van der Waals surface area contributed by atoms with Crippen LogP contribution in [0.25, 0.3) is 0 Å². The molecular weight excluding hydrogens is 342 g/mol. The lowest BCUT2D eigenvalue weighted by Gasteiger charge is -2.45. The number of aromatic nitrogens is 4. The van der Waals surface area contributed by atoms with Gasteiger partial charge in [-0.1, -0.05) is 0 Å². The number of nitrogens with zero attached hydrogens (tertiary/aromatic N) is 7. The normalized spacial score (nSPS) is 24.6. The molecule has 27 heavy (non-hydrogen) atoms. The third kappa shape index (κ3) is 2.98. The van der Waals surface area contributed by atoms with Gasteiger partial charge in [0.2, 0.25) is 17.8 Å². The highest BCUT2D eigenvalue weighted by Crippen LogP contribution is 2.44. The van der Waals surface area contributed by atoms with Gasteiger partial charge in [-0.25, -0.2) is 19.9 Å². The third-order valence-electron chi connectivity index (χ3n) is 5.59. The average molecular weight is 367 g/mol. The molecule has 8 heteroatoms. The number of anilines is 2. The standard InChI is InChI=1S/C19H25N7O/c1-14-10-22-17(23-11-14)25-12-15-19(13-25,16(27)24(2)3)6-4-9-26(15)18-20-7-5-8-21-18/h5,7-8,10-11,15H,4,6,9,12-13H2,1-3H3/t15-,19-/m0/s1. The summed E-state index contributed by atoms with van der Waals surface area (Å²) in [5.41, 5.74) is 0.517. The molecule has 2 atom stereocenters. The highest BCUT2D eigenvalue weighted by atomic mass is 16.2. The molecule has 0 unspecified atom stereocenters. The summed E-state index contributed by atoms with van der Waals surface area (Å²) in [7, 11) is 3.66. The SMILES string of the molecule is Cc1cnc(N2C[C@@H]3N(c4ncccn4)CCC[C@]3(C(=O)N(C)C)C2)nc1. The second kappa shape index (κ2) is 6.75. The molecule has 0 aliphatic carbocycles. The Hall–Kier alpha value is -2.77. The summed E-state index contributed by atoms with van der Waals surface area (Å²) in [6.07, 6.45) is 8.92. The van der Waals surface area contributed by atoms with Crippen LogP contribution in [0.15, 0.2) is 30.9 Å². The largest absolute Gasteiger partial charge is 0.348 e. The van der Waals surface area contributed by atoms with Crippen LogP contribution in [0.4, 0.5) is 11.9 Å². The topological polar surface area (TPSA) is 78.4 Å². The molecule has 1 amide bonds. The molecule has 0 radical (unpaired) electrons. The van der Waals surface area contributed by atoms with Gasteiger partial charge in [0, 0.05) is 58.5 Å². The number of carbonyl (C=O) groups excluding carboxylic acids is 1. The molecule has 8 nitrogen and oxygen atoms in total. The first-order valence-corrected chi connectivity index (χ1v) is 9.30. The van der Waals surface area contributed by atoms with Gasteiger partial charge in [-0.3, -0.25) is 4.79 Å². The number of hydrogen-bond donors (Lipinski definition) is 0. The summed E-state index contributed by atoms with van der Waals surface area (Å²) in [6.45, 7) is 4.11. The van der Waals surface area contributed by atoms with E-state index in [1.807, 2.05) is 39.5 Å². The molecule has 2 aromatic heterocycles. The zero-order valence-electron chi connectivity index (χ0n) is 16.0. The molecule has 0 aromatic carbocycles. The van der Waals surface area contributed by atoms with Crippen LogP contribution >= 0.6 is 0 Å². The lowest BCUT2D eigenvalue weighted by molar-refractivity contribution is -0.140. The number of rotatable bonds is 3. The zero-order chi connectivity index (χ0) is 19.0. The van der Waals surface area contributed by atoms with E-state index in [0.29, 0.717) is 25.0 Å². The fraction of sp³-hybridized carbons (Fsp3) is 0.526. The third-order valence-corrected chi connectivity index (χ3v) is 5.59. The van der Waals surface area contributed by atoms with Crippen molar-refractivity contribution in [1.29, 1.82) is 0 Å². The van der Waals surface area contributed by atoms with Gasteiger partial charge in [-0.05, 0) is 31.4 Å². The maximum Gasteiger partial charge on any atom is 0.232 e. The lowest BCUT2D eigenvalue weighted by atomic mass is 9.74. The van der Waals surface area contributed by atoms with Crippen molar-refractivity contribution in [2.75, 3.05) is 43.5 Å². The summed E-state index contributed by atoms with van der Waals surface area (Å²) in [4.78, 5) is 37.2. The van der Waals surface area contributed by atoms with E-state index in [4.69, 9.17) is 0 Å². The van der Waals surface area contributed by atoms with E-state index in [1.54, 1.807) is 17.3 Å². The van der Waals surface area contributed by atoms with E-state index in [2.05, 4.69) is 29.7 Å². The molecule has 2 aliphatic rings. The van der Waals surface area contributed by atoms with Gasteiger partial charge >= 0.3 is 0 Å². The number of piperidine rings is 1. The molecule has 4 heterocycles. The first kappa shape index (κ1) is 17.6. The molecule has 4 rings (SSSR count). The van der Waals surface area contributed by atoms with Gasteiger partial charge in [0.15, 0.2) is 0 Å². The highest BCUT2D eigenvalue weighted by Gasteiger charge is 2.57. The minimum absolute atomic E-state index is 0.00606. The van der Waals surface area contributed by atoms with Crippen molar-refractivity contribution in [2.24, 2.45) is 5.41 Å². The minimum atomic E-state index is -0.505. The van der Waals surface area contributed by atoms with E-state index >= 15 is 0 Å². The van der Waals surface area contributed by atoms with Crippen molar-refractivity contribution in [3.8, 4) is 0 Å². The molecule has 2 aliphatic heterocycles. The first-order valence-electron chi connectivity index (χ1n) is 9.30. The van der Waals surface area contributed by atoms with Gasteiger partial charge in [-0.15, -0.1) is 0 Å². The molecule has 0 N–H and O–H groups in total. The van der Waals surface area contributed by atoms with E-state index in [0.717, 1.165) is 24.9 Å². The molecule has 2 fully saturated rings. The van der Waals surface area contributed by atoms with Crippen LogP contribution < -0.4 is 9.80 Å². The van der Waals surface area contributed by atoms with Gasteiger partial charge in [0.1, 0.15) is 0 Å². The quantitative estimate of drug-likeness (QED) is 0.805. The Balaban J connectivity index is 1.73. The maximum absolute atomic E-state index is 13.3. The van der Waals surface area contributed by atoms with Crippen molar-refractivity contribution in [2.45, 2.75) is 25.8 Å². The van der Waals surface area contributed by atoms with Gasteiger partial charge < -0.3 is 14.7 Å². The zero-order valence-corrected chi connectivity index (χ0v) is 16.0. The Labute approximate surface area is 159 Å². The van der Waals surface area contributed by atoms with E-state index in [9.17, 15) is 4.79 Å². The molecule has 142 valence electrons. The second-order valence-corrected chi connectivity index (χ2v) is 7.66. The van der Waals surface area contributed by atoms with E-state index in [-0.39, 0.29) is 11.9 Å². The number of fused-ring (bicyclic) bond motifs is 1. The monoisotopic (exact) mass is 367 g/mol. The Morgan fingerprint density at radius 2 is 1.85 bits per heavy atom. The predicted molar refractivity (Wildman–Crippen MR) is 103 cm³/mol. The Kier molecular flexibility index (Phi) is 4.41. The van der Waals surface area contributed by atoms with Crippen LogP contribution in [0.2, 0.25) is 0 Å². The maximum atomic E-state index is 13.3. The van der Waals surface area contributed by atoms with Gasteiger partial charge in [0.25, 0.3) is 0 Å².